The van der Waals surface area contributed by atoms with Crippen LogP contribution in [0, 0.1) is 17.3 Å². The number of amides is 1. The highest BCUT2D eigenvalue weighted by Crippen LogP contribution is 2.27. The fourth-order valence-electron chi connectivity index (χ4n) is 2.77. The molecule has 1 aliphatic rings. The summed E-state index contributed by atoms with van der Waals surface area (Å²) in [5.74, 6) is 0.157. The molecule has 1 amide bonds. The molecule has 3 atom stereocenters. The van der Waals surface area contributed by atoms with Gasteiger partial charge >= 0.3 is 0 Å². The number of aliphatic hydroxyl groups excluding tert-OH is 1. The van der Waals surface area contributed by atoms with Gasteiger partial charge in [-0.05, 0) is 24.7 Å². The molecule has 0 aromatic rings. The highest BCUT2D eigenvalue weighted by Gasteiger charge is 2.31. The number of carbonyl (C=O) groups is 1. The maximum atomic E-state index is 12.2. The molecule has 4 N–H and O–H groups in total. The molecule has 18 heavy (non-hydrogen) atoms. The van der Waals surface area contributed by atoms with Crippen LogP contribution in [0.1, 0.15) is 46.5 Å². The zero-order valence-electron chi connectivity index (χ0n) is 11.9. The monoisotopic (exact) mass is 256 g/mol. The molecule has 1 aliphatic carbocycles. The molecule has 1 rings (SSSR count). The van der Waals surface area contributed by atoms with Crippen molar-refractivity contribution in [1.29, 1.82) is 0 Å². The third-order valence-electron chi connectivity index (χ3n) is 3.74. The standard InChI is InChI=1S/C14H28N2O2/c1-14(2,3)7-11(8-15)13(18)16-12-6-4-5-10(12)9-17/h10-12,17H,4-9,15H2,1-3H3,(H,16,18). The van der Waals surface area contributed by atoms with Crippen LogP contribution in [0.4, 0.5) is 0 Å². The van der Waals surface area contributed by atoms with Crippen LogP contribution in [0.3, 0.4) is 0 Å². The van der Waals surface area contributed by atoms with Crippen molar-refractivity contribution < 1.29 is 9.90 Å². The minimum atomic E-state index is -0.120. The average molecular weight is 256 g/mol. The molecular formula is C14H28N2O2. The first-order valence-electron chi connectivity index (χ1n) is 6.98. The molecule has 0 saturated heterocycles. The number of hydrogen-bond acceptors (Lipinski definition) is 3. The van der Waals surface area contributed by atoms with E-state index in [-0.39, 0.29) is 35.8 Å². The van der Waals surface area contributed by atoms with Crippen LogP contribution in [0.15, 0.2) is 0 Å². The average Bonchev–Trinajstić information content (AvgIpc) is 2.71. The number of hydrogen-bond donors (Lipinski definition) is 3. The summed E-state index contributed by atoms with van der Waals surface area (Å²) in [6.07, 6.45) is 3.87. The maximum absolute atomic E-state index is 12.2. The van der Waals surface area contributed by atoms with Gasteiger partial charge in [-0.1, -0.05) is 27.2 Å². The normalized spacial score (nSPS) is 26.1. The molecule has 0 heterocycles. The Hall–Kier alpha value is -0.610. The van der Waals surface area contributed by atoms with Crippen molar-refractivity contribution in [3.05, 3.63) is 0 Å². The van der Waals surface area contributed by atoms with E-state index in [9.17, 15) is 9.90 Å². The SMILES string of the molecule is CC(C)(C)CC(CN)C(=O)NC1CCCC1CO. The van der Waals surface area contributed by atoms with E-state index in [4.69, 9.17) is 5.73 Å². The summed E-state index contributed by atoms with van der Waals surface area (Å²) in [5.41, 5.74) is 5.82. The Kier molecular flexibility index (Phi) is 5.60. The lowest BCUT2D eigenvalue weighted by molar-refractivity contribution is -0.126. The van der Waals surface area contributed by atoms with Crippen molar-refractivity contribution in [3.63, 3.8) is 0 Å². The summed E-state index contributed by atoms with van der Waals surface area (Å²) in [6, 6.07) is 0.136. The quantitative estimate of drug-likeness (QED) is 0.693. The van der Waals surface area contributed by atoms with Gasteiger partial charge in [0.2, 0.25) is 5.91 Å². The van der Waals surface area contributed by atoms with Gasteiger partial charge in [0.05, 0.1) is 5.92 Å². The number of aliphatic hydroxyl groups is 1. The first kappa shape index (κ1) is 15.4. The second-order valence-electron chi connectivity index (χ2n) is 6.69. The van der Waals surface area contributed by atoms with E-state index in [2.05, 4.69) is 26.1 Å². The van der Waals surface area contributed by atoms with Crippen molar-refractivity contribution in [1.82, 2.24) is 5.32 Å². The molecule has 3 unspecified atom stereocenters. The van der Waals surface area contributed by atoms with Gasteiger partial charge in [0.15, 0.2) is 0 Å². The van der Waals surface area contributed by atoms with Crippen LogP contribution in [-0.2, 0) is 4.79 Å². The summed E-state index contributed by atoms with van der Waals surface area (Å²) in [6.45, 7) is 6.91. The van der Waals surface area contributed by atoms with Gasteiger partial charge < -0.3 is 16.2 Å². The molecule has 0 bridgehead atoms. The van der Waals surface area contributed by atoms with Crippen LogP contribution < -0.4 is 11.1 Å². The molecule has 0 aromatic heterocycles. The van der Waals surface area contributed by atoms with E-state index in [0.717, 1.165) is 25.7 Å². The molecule has 1 saturated carbocycles. The minimum absolute atomic E-state index is 0.0535. The molecular weight excluding hydrogens is 228 g/mol. The van der Waals surface area contributed by atoms with Crippen LogP contribution in [0.25, 0.3) is 0 Å². The minimum Gasteiger partial charge on any atom is -0.396 e. The van der Waals surface area contributed by atoms with Gasteiger partial charge in [0.25, 0.3) is 0 Å². The molecule has 4 heteroatoms. The van der Waals surface area contributed by atoms with Crippen molar-refractivity contribution >= 4 is 5.91 Å². The molecule has 0 aromatic carbocycles. The van der Waals surface area contributed by atoms with Gasteiger partial charge in [0.1, 0.15) is 0 Å². The Morgan fingerprint density at radius 3 is 2.61 bits per heavy atom. The van der Waals surface area contributed by atoms with Crippen LogP contribution in [0.2, 0.25) is 0 Å². The van der Waals surface area contributed by atoms with Gasteiger partial charge in [-0.2, -0.15) is 0 Å². The van der Waals surface area contributed by atoms with Crippen LogP contribution in [0.5, 0.6) is 0 Å². The van der Waals surface area contributed by atoms with E-state index in [1.54, 1.807) is 0 Å². The van der Waals surface area contributed by atoms with Crippen molar-refractivity contribution in [3.8, 4) is 0 Å². The Bertz CT molecular complexity index is 273. The molecule has 4 nitrogen and oxygen atoms in total. The molecule has 0 radical (unpaired) electrons. The summed E-state index contributed by atoms with van der Waals surface area (Å²) in [5, 5.41) is 12.3. The molecule has 0 aliphatic heterocycles. The van der Waals surface area contributed by atoms with Gasteiger partial charge in [-0.25, -0.2) is 0 Å². The number of nitrogens with one attached hydrogen (secondary N) is 1. The predicted molar refractivity (Wildman–Crippen MR) is 73.0 cm³/mol. The Morgan fingerprint density at radius 2 is 2.11 bits per heavy atom. The predicted octanol–water partition coefficient (Wildman–Crippen LogP) is 1.27. The second kappa shape index (κ2) is 6.53. The van der Waals surface area contributed by atoms with Gasteiger partial charge in [0, 0.05) is 25.1 Å². The number of rotatable bonds is 5. The summed E-state index contributed by atoms with van der Waals surface area (Å²) in [4.78, 5) is 12.2. The highest BCUT2D eigenvalue weighted by atomic mass is 16.3. The Labute approximate surface area is 110 Å². The summed E-state index contributed by atoms with van der Waals surface area (Å²) in [7, 11) is 0. The van der Waals surface area contributed by atoms with E-state index < -0.39 is 0 Å². The highest BCUT2D eigenvalue weighted by molar-refractivity contribution is 5.79. The smallest absolute Gasteiger partial charge is 0.224 e. The summed E-state index contributed by atoms with van der Waals surface area (Å²) < 4.78 is 0. The van der Waals surface area contributed by atoms with Gasteiger partial charge in [-0.3, -0.25) is 4.79 Å². The lowest BCUT2D eigenvalue weighted by atomic mass is 9.84. The van der Waals surface area contributed by atoms with Gasteiger partial charge in [-0.15, -0.1) is 0 Å². The lowest BCUT2D eigenvalue weighted by Crippen LogP contribution is -2.44. The zero-order valence-corrected chi connectivity index (χ0v) is 11.9. The van der Waals surface area contributed by atoms with E-state index in [0.29, 0.717) is 6.54 Å². The third kappa shape index (κ3) is 4.58. The third-order valence-corrected chi connectivity index (χ3v) is 3.74. The molecule has 106 valence electrons. The topological polar surface area (TPSA) is 75.4 Å². The first-order valence-corrected chi connectivity index (χ1v) is 6.98. The van der Waals surface area contributed by atoms with Crippen molar-refractivity contribution in [2.24, 2.45) is 23.0 Å². The lowest BCUT2D eigenvalue weighted by Gasteiger charge is -2.27. The number of nitrogens with two attached hydrogens (primary N) is 1. The fourth-order valence-corrected chi connectivity index (χ4v) is 2.77. The van der Waals surface area contributed by atoms with E-state index >= 15 is 0 Å². The second-order valence-corrected chi connectivity index (χ2v) is 6.69. The van der Waals surface area contributed by atoms with E-state index in [1.165, 1.54) is 0 Å². The fraction of sp³-hybridized carbons (Fsp3) is 0.929. The number of carbonyl (C=O) groups excluding carboxylic acids is 1. The van der Waals surface area contributed by atoms with Crippen LogP contribution in [-0.4, -0.2) is 30.2 Å². The Morgan fingerprint density at radius 1 is 1.44 bits per heavy atom. The van der Waals surface area contributed by atoms with Crippen LogP contribution >= 0.6 is 0 Å². The molecule has 1 fully saturated rings. The molecule has 0 spiro atoms. The van der Waals surface area contributed by atoms with Crippen molar-refractivity contribution in [2.75, 3.05) is 13.2 Å². The first-order chi connectivity index (χ1) is 8.37. The zero-order chi connectivity index (χ0) is 13.8. The largest absolute Gasteiger partial charge is 0.396 e. The van der Waals surface area contributed by atoms with Crippen molar-refractivity contribution in [2.45, 2.75) is 52.5 Å². The maximum Gasteiger partial charge on any atom is 0.224 e. The summed E-state index contributed by atoms with van der Waals surface area (Å²) >= 11 is 0. The Balaban J connectivity index is 2.52. The van der Waals surface area contributed by atoms with E-state index in [1.807, 2.05) is 0 Å².